The topological polar surface area (TPSA) is 29.5 Å². The van der Waals surface area contributed by atoms with Crippen molar-refractivity contribution >= 4 is 5.91 Å². The van der Waals surface area contributed by atoms with Gasteiger partial charge in [0.2, 0.25) is 5.91 Å². The number of nitrogens with zero attached hydrogens (tertiary/aromatic N) is 1. The van der Waals surface area contributed by atoms with E-state index in [4.69, 9.17) is 4.74 Å². The van der Waals surface area contributed by atoms with Gasteiger partial charge in [-0.25, -0.2) is 0 Å². The maximum atomic E-state index is 12.6. The Kier molecular flexibility index (Phi) is 4.54. The van der Waals surface area contributed by atoms with E-state index in [0.29, 0.717) is 19.6 Å². The number of amides is 1. The molecule has 1 aliphatic rings. The first-order chi connectivity index (χ1) is 10.8. The van der Waals surface area contributed by atoms with Gasteiger partial charge in [-0.15, -0.1) is 0 Å². The van der Waals surface area contributed by atoms with Crippen LogP contribution in [-0.2, 0) is 16.0 Å². The number of hydrogen-bond acceptors (Lipinski definition) is 2. The van der Waals surface area contributed by atoms with Gasteiger partial charge in [0.25, 0.3) is 0 Å². The molecule has 1 saturated heterocycles. The predicted octanol–water partition coefficient (Wildman–Crippen LogP) is 3.22. The molecule has 3 heteroatoms. The largest absolute Gasteiger partial charge is 0.370 e. The minimum Gasteiger partial charge on any atom is -0.370 e. The summed E-state index contributed by atoms with van der Waals surface area (Å²) in [6.07, 6.45) is 0.404. The molecule has 2 aromatic rings. The molecule has 2 unspecified atom stereocenters. The highest BCUT2D eigenvalue weighted by atomic mass is 16.5. The molecule has 1 heterocycles. The minimum absolute atomic E-state index is 0.0466. The van der Waals surface area contributed by atoms with E-state index in [-0.39, 0.29) is 18.1 Å². The summed E-state index contributed by atoms with van der Waals surface area (Å²) in [7, 11) is 0. The number of morpholine rings is 1. The van der Waals surface area contributed by atoms with Crippen LogP contribution in [0, 0.1) is 0 Å². The Morgan fingerprint density at radius 1 is 1.09 bits per heavy atom. The Bertz CT molecular complexity index is 612. The van der Waals surface area contributed by atoms with E-state index in [1.807, 2.05) is 53.4 Å². The molecule has 0 N–H and O–H groups in total. The van der Waals surface area contributed by atoms with Crippen LogP contribution in [0.4, 0.5) is 0 Å². The summed E-state index contributed by atoms with van der Waals surface area (Å²) in [5.74, 6) is 0.169. The van der Waals surface area contributed by atoms with E-state index in [1.54, 1.807) is 0 Å². The van der Waals surface area contributed by atoms with Crippen LogP contribution >= 0.6 is 0 Å². The van der Waals surface area contributed by atoms with E-state index in [9.17, 15) is 4.79 Å². The molecule has 0 saturated carbocycles. The van der Waals surface area contributed by atoms with E-state index in [2.05, 4.69) is 19.1 Å². The lowest BCUT2D eigenvalue weighted by molar-refractivity contribution is -0.144. The second kappa shape index (κ2) is 6.75. The van der Waals surface area contributed by atoms with E-state index < -0.39 is 0 Å². The third kappa shape index (κ3) is 3.20. The molecule has 1 aliphatic heterocycles. The van der Waals surface area contributed by atoms with Crippen molar-refractivity contribution in [3.63, 3.8) is 0 Å². The van der Waals surface area contributed by atoms with Gasteiger partial charge >= 0.3 is 0 Å². The Balaban J connectivity index is 1.72. The lowest BCUT2D eigenvalue weighted by atomic mass is 10.00. The zero-order valence-electron chi connectivity index (χ0n) is 12.8. The van der Waals surface area contributed by atoms with Gasteiger partial charge < -0.3 is 9.64 Å². The fourth-order valence-electron chi connectivity index (χ4n) is 3.03. The summed E-state index contributed by atoms with van der Waals surface area (Å²) >= 11 is 0. The summed E-state index contributed by atoms with van der Waals surface area (Å²) in [6, 6.07) is 20.1. The molecule has 114 valence electrons. The SMILES string of the molecule is CC1C(c2ccccc2)OCCN1C(=O)Cc1ccccc1. The maximum absolute atomic E-state index is 12.6. The van der Waals surface area contributed by atoms with Crippen molar-refractivity contribution in [1.82, 2.24) is 4.90 Å². The van der Waals surface area contributed by atoms with Crippen molar-refractivity contribution < 1.29 is 9.53 Å². The van der Waals surface area contributed by atoms with Gasteiger partial charge in [-0.2, -0.15) is 0 Å². The molecule has 0 spiro atoms. The van der Waals surface area contributed by atoms with Crippen LogP contribution in [0.25, 0.3) is 0 Å². The number of carbonyl (C=O) groups is 1. The first-order valence-corrected chi connectivity index (χ1v) is 7.75. The van der Waals surface area contributed by atoms with E-state index >= 15 is 0 Å². The van der Waals surface area contributed by atoms with Crippen molar-refractivity contribution in [2.24, 2.45) is 0 Å². The van der Waals surface area contributed by atoms with Crippen LogP contribution in [0.15, 0.2) is 60.7 Å². The maximum Gasteiger partial charge on any atom is 0.227 e. The summed E-state index contributed by atoms with van der Waals surface area (Å²) in [5, 5.41) is 0. The summed E-state index contributed by atoms with van der Waals surface area (Å²) in [5.41, 5.74) is 2.19. The molecule has 1 fully saturated rings. The number of rotatable bonds is 3. The Morgan fingerprint density at radius 2 is 1.73 bits per heavy atom. The molecule has 1 amide bonds. The minimum atomic E-state index is -0.0466. The average Bonchev–Trinajstić information content (AvgIpc) is 2.56. The lowest BCUT2D eigenvalue weighted by Gasteiger charge is -2.39. The molecule has 22 heavy (non-hydrogen) atoms. The van der Waals surface area contributed by atoms with Crippen LogP contribution < -0.4 is 0 Å². The monoisotopic (exact) mass is 295 g/mol. The van der Waals surface area contributed by atoms with Gasteiger partial charge in [-0.05, 0) is 18.1 Å². The first-order valence-electron chi connectivity index (χ1n) is 7.75. The van der Waals surface area contributed by atoms with Gasteiger partial charge in [-0.1, -0.05) is 60.7 Å². The van der Waals surface area contributed by atoms with Gasteiger partial charge in [-0.3, -0.25) is 4.79 Å². The highest BCUT2D eigenvalue weighted by molar-refractivity contribution is 5.79. The highest BCUT2D eigenvalue weighted by Crippen LogP contribution is 2.28. The number of hydrogen-bond donors (Lipinski definition) is 0. The zero-order chi connectivity index (χ0) is 15.4. The quantitative estimate of drug-likeness (QED) is 0.870. The van der Waals surface area contributed by atoms with Crippen LogP contribution in [0.5, 0.6) is 0 Å². The van der Waals surface area contributed by atoms with E-state index in [1.165, 1.54) is 0 Å². The molecular formula is C19H21NO2. The number of ether oxygens (including phenoxy) is 1. The smallest absolute Gasteiger partial charge is 0.227 e. The van der Waals surface area contributed by atoms with Crippen LogP contribution in [0.1, 0.15) is 24.2 Å². The van der Waals surface area contributed by atoms with Crippen LogP contribution in [0.2, 0.25) is 0 Å². The summed E-state index contributed by atoms with van der Waals surface area (Å²) < 4.78 is 5.91. The molecule has 0 aliphatic carbocycles. The Morgan fingerprint density at radius 3 is 2.41 bits per heavy atom. The Hall–Kier alpha value is -2.13. The van der Waals surface area contributed by atoms with E-state index in [0.717, 1.165) is 11.1 Å². The van der Waals surface area contributed by atoms with Gasteiger partial charge in [0, 0.05) is 6.54 Å². The standard InChI is InChI=1S/C19H21NO2/c1-15-19(17-10-6-3-7-11-17)22-13-12-20(15)18(21)14-16-8-4-2-5-9-16/h2-11,15,19H,12-14H2,1H3. The molecule has 0 aromatic heterocycles. The third-order valence-electron chi connectivity index (χ3n) is 4.21. The lowest BCUT2D eigenvalue weighted by Crippen LogP contribution is -2.49. The fourth-order valence-corrected chi connectivity index (χ4v) is 3.03. The third-order valence-corrected chi connectivity index (χ3v) is 4.21. The zero-order valence-corrected chi connectivity index (χ0v) is 12.8. The second-order valence-corrected chi connectivity index (χ2v) is 5.69. The predicted molar refractivity (Wildman–Crippen MR) is 86.5 cm³/mol. The van der Waals surface area contributed by atoms with Crippen molar-refractivity contribution in [1.29, 1.82) is 0 Å². The van der Waals surface area contributed by atoms with Crippen LogP contribution in [-0.4, -0.2) is 30.0 Å². The van der Waals surface area contributed by atoms with Crippen molar-refractivity contribution in [2.45, 2.75) is 25.5 Å². The Labute approximate surface area is 131 Å². The van der Waals surface area contributed by atoms with Crippen LogP contribution in [0.3, 0.4) is 0 Å². The highest BCUT2D eigenvalue weighted by Gasteiger charge is 2.32. The molecular weight excluding hydrogens is 274 g/mol. The van der Waals surface area contributed by atoms with Gasteiger partial charge in [0.1, 0.15) is 6.10 Å². The number of benzene rings is 2. The van der Waals surface area contributed by atoms with Gasteiger partial charge in [0.15, 0.2) is 0 Å². The molecule has 2 atom stereocenters. The summed E-state index contributed by atoms with van der Waals surface area (Å²) in [6.45, 7) is 3.32. The van der Waals surface area contributed by atoms with Crippen molar-refractivity contribution in [2.75, 3.05) is 13.2 Å². The fraction of sp³-hybridized carbons (Fsp3) is 0.316. The first kappa shape index (κ1) is 14.8. The molecule has 0 bridgehead atoms. The number of carbonyl (C=O) groups excluding carboxylic acids is 1. The second-order valence-electron chi connectivity index (χ2n) is 5.69. The molecule has 0 radical (unpaired) electrons. The molecule has 3 rings (SSSR count). The van der Waals surface area contributed by atoms with Crippen molar-refractivity contribution in [3.05, 3.63) is 71.8 Å². The average molecular weight is 295 g/mol. The van der Waals surface area contributed by atoms with Crippen molar-refractivity contribution in [3.8, 4) is 0 Å². The molecule has 2 aromatic carbocycles. The summed E-state index contributed by atoms with van der Waals surface area (Å²) in [4.78, 5) is 14.6. The van der Waals surface area contributed by atoms with Gasteiger partial charge in [0.05, 0.1) is 19.1 Å². The molecule has 3 nitrogen and oxygen atoms in total. The normalized spacial score (nSPS) is 21.6.